The Balaban J connectivity index is 1.90. The Morgan fingerprint density at radius 2 is 2.05 bits per heavy atom. The molecule has 0 saturated carbocycles. The maximum atomic E-state index is 6.27. The van der Waals surface area contributed by atoms with E-state index in [1.165, 1.54) is 44.1 Å². The minimum absolute atomic E-state index is 0.269. The van der Waals surface area contributed by atoms with Gasteiger partial charge in [0.05, 0.1) is 6.10 Å². The zero-order valence-electron chi connectivity index (χ0n) is 12.8. The van der Waals surface area contributed by atoms with E-state index in [1.54, 1.807) is 0 Å². The molecule has 0 radical (unpaired) electrons. The first-order valence-electron chi connectivity index (χ1n) is 8.29. The molecular formula is C18H29NO. The van der Waals surface area contributed by atoms with E-state index in [0.29, 0.717) is 5.92 Å². The van der Waals surface area contributed by atoms with Crippen molar-refractivity contribution >= 4 is 0 Å². The third kappa shape index (κ3) is 4.92. The second-order valence-electron chi connectivity index (χ2n) is 5.87. The molecule has 1 aromatic rings. The van der Waals surface area contributed by atoms with Crippen molar-refractivity contribution < 1.29 is 4.74 Å². The van der Waals surface area contributed by atoms with Crippen LogP contribution in [-0.4, -0.2) is 19.7 Å². The third-order valence-electron chi connectivity index (χ3n) is 4.19. The van der Waals surface area contributed by atoms with Gasteiger partial charge < -0.3 is 10.1 Å². The molecule has 20 heavy (non-hydrogen) atoms. The molecule has 1 heterocycles. The highest BCUT2D eigenvalue weighted by atomic mass is 16.5. The summed E-state index contributed by atoms with van der Waals surface area (Å²) < 4.78 is 6.27. The Hall–Kier alpha value is -0.860. The number of benzene rings is 1. The van der Waals surface area contributed by atoms with Crippen LogP contribution in [0.15, 0.2) is 30.3 Å². The largest absolute Gasteiger partial charge is 0.373 e. The van der Waals surface area contributed by atoms with Crippen LogP contribution in [0, 0.1) is 5.92 Å². The van der Waals surface area contributed by atoms with E-state index < -0.39 is 0 Å². The quantitative estimate of drug-likeness (QED) is 0.713. The predicted molar refractivity (Wildman–Crippen MR) is 84.9 cm³/mol. The minimum atomic E-state index is 0.269. The second-order valence-corrected chi connectivity index (χ2v) is 5.87. The minimum Gasteiger partial charge on any atom is -0.373 e. The molecule has 112 valence electrons. The molecule has 0 spiro atoms. The van der Waals surface area contributed by atoms with E-state index in [-0.39, 0.29) is 6.10 Å². The van der Waals surface area contributed by atoms with Crippen LogP contribution in [0.5, 0.6) is 0 Å². The van der Waals surface area contributed by atoms with E-state index >= 15 is 0 Å². The van der Waals surface area contributed by atoms with Crippen LogP contribution in [0.3, 0.4) is 0 Å². The monoisotopic (exact) mass is 275 g/mol. The fraction of sp³-hybridized carbons (Fsp3) is 0.667. The molecule has 0 bridgehead atoms. The summed E-state index contributed by atoms with van der Waals surface area (Å²) in [5.74, 6) is 0.623. The molecule has 1 aliphatic heterocycles. The molecule has 1 N–H and O–H groups in total. The summed E-state index contributed by atoms with van der Waals surface area (Å²) in [7, 11) is 0. The molecule has 1 aliphatic rings. The van der Waals surface area contributed by atoms with Crippen molar-refractivity contribution in [3.05, 3.63) is 35.9 Å². The average Bonchev–Trinajstić information content (AvgIpc) is 2.53. The van der Waals surface area contributed by atoms with E-state index in [9.17, 15) is 0 Å². The fourth-order valence-electron chi connectivity index (χ4n) is 3.02. The lowest BCUT2D eigenvalue weighted by Gasteiger charge is -2.31. The van der Waals surface area contributed by atoms with Crippen molar-refractivity contribution in [2.24, 2.45) is 5.92 Å². The van der Waals surface area contributed by atoms with Crippen LogP contribution in [-0.2, 0) is 4.74 Å². The lowest BCUT2D eigenvalue weighted by atomic mass is 9.89. The summed E-state index contributed by atoms with van der Waals surface area (Å²) in [5.41, 5.74) is 1.34. The van der Waals surface area contributed by atoms with Gasteiger partial charge in [-0.3, -0.25) is 0 Å². The maximum absolute atomic E-state index is 6.27. The predicted octanol–water partition coefficient (Wildman–Crippen LogP) is 4.32. The molecule has 2 rings (SSSR count). The van der Waals surface area contributed by atoms with E-state index in [1.807, 2.05) is 0 Å². The number of piperidine rings is 1. The van der Waals surface area contributed by atoms with Gasteiger partial charge in [0.2, 0.25) is 0 Å². The third-order valence-corrected chi connectivity index (χ3v) is 4.19. The highest BCUT2D eigenvalue weighted by Crippen LogP contribution is 2.30. The van der Waals surface area contributed by atoms with E-state index in [4.69, 9.17) is 4.74 Å². The van der Waals surface area contributed by atoms with E-state index in [2.05, 4.69) is 42.6 Å². The van der Waals surface area contributed by atoms with Gasteiger partial charge in [0, 0.05) is 19.1 Å². The lowest BCUT2D eigenvalue weighted by molar-refractivity contribution is 0.00108. The number of rotatable bonds is 8. The van der Waals surface area contributed by atoms with Crippen LogP contribution in [0.1, 0.15) is 57.1 Å². The summed E-state index contributed by atoms with van der Waals surface area (Å²) in [6, 6.07) is 10.8. The van der Waals surface area contributed by atoms with Crippen LogP contribution < -0.4 is 5.32 Å². The van der Waals surface area contributed by atoms with Gasteiger partial charge in [-0.2, -0.15) is 0 Å². The Kier molecular flexibility index (Phi) is 7.10. The molecule has 2 heteroatoms. The average molecular weight is 275 g/mol. The van der Waals surface area contributed by atoms with Crippen LogP contribution >= 0.6 is 0 Å². The van der Waals surface area contributed by atoms with Gasteiger partial charge in [0.25, 0.3) is 0 Å². The Bertz CT molecular complexity index is 346. The SMILES string of the molecule is CCCCCCOC(c1ccccc1)C1CCCNC1. The number of nitrogens with one attached hydrogen (secondary N) is 1. The Labute approximate surface area is 123 Å². The molecular weight excluding hydrogens is 246 g/mol. The molecule has 1 aromatic carbocycles. The van der Waals surface area contributed by atoms with Crippen molar-refractivity contribution in [3.63, 3.8) is 0 Å². The first kappa shape index (κ1) is 15.5. The van der Waals surface area contributed by atoms with Crippen molar-refractivity contribution in [2.45, 2.75) is 51.6 Å². The molecule has 2 nitrogen and oxygen atoms in total. The highest BCUT2D eigenvalue weighted by molar-refractivity contribution is 5.18. The topological polar surface area (TPSA) is 21.3 Å². The Morgan fingerprint density at radius 1 is 1.20 bits per heavy atom. The van der Waals surface area contributed by atoms with Gasteiger partial charge in [-0.1, -0.05) is 56.5 Å². The smallest absolute Gasteiger partial charge is 0.0865 e. The summed E-state index contributed by atoms with van der Waals surface area (Å²) in [6.07, 6.45) is 7.91. The maximum Gasteiger partial charge on any atom is 0.0865 e. The van der Waals surface area contributed by atoms with Gasteiger partial charge >= 0.3 is 0 Å². The normalized spacial score (nSPS) is 20.8. The van der Waals surface area contributed by atoms with Gasteiger partial charge in [-0.05, 0) is 31.4 Å². The summed E-state index contributed by atoms with van der Waals surface area (Å²) in [5, 5.41) is 3.52. The van der Waals surface area contributed by atoms with Crippen molar-refractivity contribution in [1.82, 2.24) is 5.32 Å². The summed E-state index contributed by atoms with van der Waals surface area (Å²) in [4.78, 5) is 0. The van der Waals surface area contributed by atoms with Crippen molar-refractivity contribution in [1.29, 1.82) is 0 Å². The molecule has 1 saturated heterocycles. The number of unbranched alkanes of at least 4 members (excludes halogenated alkanes) is 3. The number of hydrogen-bond donors (Lipinski definition) is 1. The van der Waals surface area contributed by atoms with E-state index in [0.717, 1.165) is 19.7 Å². The van der Waals surface area contributed by atoms with Gasteiger partial charge in [-0.15, -0.1) is 0 Å². The number of ether oxygens (including phenoxy) is 1. The first-order valence-corrected chi connectivity index (χ1v) is 8.29. The van der Waals surface area contributed by atoms with Crippen LogP contribution in [0.25, 0.3) is 0 Å². The first-order chi connectivity index (χ1) is 9.92. The molecule has 0 aromatic heterocycles. The van der Waals surface area contributed by atoms with Crippen LogP contribution in [0.4, 0.5) is 0 Å². The highest BCUT2D eigenvalue weighted by Gasteiger charge is 2.25. The van der Waals surface area contributed by atoms with Crippen molar-refractivity contribution in [3.8, 4) is 0 Å². The zero-order valence-corrected chi connectivity index (χ0v) is 12.8. The zero-order chi connectivity index (χ0) is 14.0. The molecule has 1 fully saturated rings. The summed E-state index contributed by atoms with van der Waals surface area (Å²) in [6.45, 7) is 5.40. The number of hydrogen-bond acceptors (Lipinski definition) is 2. The molecule has 0 amide bonds. The second kappa shape index (κ2) is 9.15. The van der Waals surface area contributed by atoms with Gasteiger partial charge in [0.15, 0.2) is 0 Å². The standard InChI is InChI=1S/C18H29NO/c1-2-3-4-8-14-20-18(16-10-6-5-7-11-16)17-12-9-13-19-15-17/h5-7,10-11,17-19H,2-4,8-9,12-15H2,1H3. The van der Waals surface area contributed by atoms with Gasteiger partial charge in [0.1, 0.15) is 0 Å². The molecule has 0 aliphatic carbocycles. The molecule has 2 atom stereocenters. The lowest BCUT2D eigenvalue weighted by Crippen LogP contribution is -2.34. The fourth-order valence-corrected chi connectivity index (χ4v) is 3.02. The van der Waals surface area contributed by atoms with Crippen LogP contribution in [0.2, 0.25) is 0 Å². The molecule has 2 unspecified atom stereocenters. The Morgan fingerprint density at radius 3 is 2.75 bits per heavy atom. The van der Waals surface area contributed by atoms with Gasteiger partial charge in [-0.25, -0.2) is 0 Å². The summed E-state index contributed by atoms with van der Waals surface area (Å²) >= 11 is 0. The van der Waals surface area contributed by atoms with Crippen molar-refractivity contribution in [2.75, 3.05) is 19.7 Å².